The number of para-hydroxylation sites is 1. The molecular formula is C13H17N5O. The topological polar surface area (TPSA) is 82.7 Å². The van der Waals surface area contributed by atoms with Crippen molar-refractivity contribution in [3.63, 3.8) is 0 Å². The van der Waals surface area contributed by atoms with E-state index < -0.39 is 0 Å². The first-order valence-corrected chi connectivity index (χ1v) is 6.15. The van der Waals surface area contributed by atoms with E-state index in [0.717, 1.165) is 5.69 Å². The Labute approximate surface area is 111 Å². The Kier molecular flexibility index (Phi) is 4.12. The molecule has 3 N–H and O–H groups in total. The van der Waals surface area contributed by atoms with E-state index in [1.165, 1.54) is 6.33 Å². The van der Waals surface area contributed by atoms with Gasteiger partial charge in [-0.1, -0.05) is 12.1 Å². The molecule has 0 saturated carbocycles. The number of amides is 1. The summed E-state index contributed by atoms with van der Waals surface area (Å²) in [4.78, 5) is 16.1. The summed E-state index contributed by atoms with van der Waals surface area (Å²) in [6.45, 7) is 4.39. The highest BCUT2D eigenvalue weighted by atomic mass is 16.1. The van der Waals surface area contributed by atoms with Crippen LogP contribution in [0.15, 0.2) is 30.6 Å². The number of hydrogen-bond acceptors (Lipinski definition) is 4. The number of nitrogens with one attached hydrogen (secondary N) is 3. The normalized spacial score (nSPS) is 10.5. The molecule has 0 aliphatic carbocycles. The summed E-state index contributed by atoms with van der Waals surface area (Å²) in [5.41, 5.74) is 1.45. The van der Waals surface area contributed by atoms with Crippen LogP contribution >= 0.6 is 0 Å². The first kappa shape index (κ1) is 13.1. The highest BCUT2D eigenvalue weighted by Gasteiger charge is 2.11. The van der Waals surface area contributed by atoms with Gasteiger partial charge in [-0.15, -0.1) is 0 Å². The lowest BCUT2D eigenvalue weighted by Gasteiger charge is -2.14. The lowest BCUT2D eigenvalue weighted by Crippen LogP contribution is -2.25. The molecule has 6 nitrogen and oxygen atoms in total. The molecule has 2 aromatic rings. The van der Waals surface area contributed by atoms with Crippen LogP contribution in [0, 0.1) is 0 Å². The van der Waals surface area contributed by atoms with Crippen molar-refractivity contribution < 1.29 is 4.79 Å². The van der Waals surface area contributed by atoms with Crippen LogP contribution in [0.2, 0.25) is 0 Å². The van der Waals surface area contributed by atoms with Crippen molar-refractivity contribution in [1.29, 1.82) is 0 Å². The van der Waals surface area contributed by atoms with Gasteiger partial charge in [0.15, 0.2) is 0 Å². The number of carbonyl (C=O) groups excluding carboxylic acids is 1. The highest BCUT2D eigenvalue weighted by Crippen LogP contribution is 2.15. The second kappa shape index (κ2) is 5.99. The van der Waals surface area contributed by atoms with Crippen molar-refractivity contribution in [3.8, 4) is 0 Å². The van der Waals surface area contributed by atoms with Crippen molar-refractivity contribution in [3.05, 3.63) is 42.0 Å². The van der Waals surface area contributed by atoms with E-state index in [9.17, 15) is 4.79 Å². The maximum Gasteiger partial charge on any atom is 0.253 e. The van der Waals surface area contributed by atoms with E-state index in [0.29, 0.717) is 17.9 Å². The Bertz CT molecular complexity index is 536. The molecule has 0 saturated heterocycles. The van der Waals surface area contributed by atoms with Crippen LogP contribution in [0.3, 0.4) is 0 Å². The van der Waals surface area contributed by atoms with Gasteiger partial charge in [0.1, 0.15) is 12.2 Å². The van der Waals surface area contributed by atoms with Crippen LogP contribution in [-0.2, 0) is 6.54 Å². The molecule has 1 aromatic carbocycles. The van der Waals surface area contributed by atoms with Crippen LogP contribution in [0.4, 0.5) is 5.69 Å². The van der Waals surface area contributed by atoms with Gasteiger partial charge < -0.3 is 10.6 Å². The molecular weight excluding hydrogens is 242 g/mol. The Hall–Kier alpha value is -2.37. The van der Waals surface area contributed by atoms with E-state index in [-0.39, 0.29) is 11.9 Å². The Morgan fingerprint density at radius 2 is 2.16 bits per heavy atom. The third kappa shape index (κ3) is 3.54. The van der Waals surface area contributed by atoms with Gasteiger partial charge >= 0.3 is 0 Å². The van der Waals surface area contributed by atoms with Crippen molar-refractivity contribution in [2.45, 2.75) is 26.4 Å². The standard InChI is InChI=1S/C13H17N5O/c1-9(2)17-11-6-4-3-5-10(11)13(19)14-7-12-15-8-16-18-12/h3-6,8-9,17H,7H2,1-2H3,(H,14,19)(H,15,16,18). The maximum absolute atomic E-state index is 12.1. The maximum atomic E-state index is 12.1. The number of anilines is 1. The Morgan fingerprint density at radius 1 is 1.37 bits per heavy atom. The summed E-state index contributed by atoms with van der Waals surface area (Å²) in [5, 5.41) is 12.5. The molecule has 0 aliphatic heterocycles. The van der Waals surface area contributed by atoms with Gasteiger partial charge in [-0.25, -0.2) is 4.98 Å². The van der Waals surface area contributed by atoms with Gasteiger partial charge in [0, 0.05) is 11.7 Å². The molecule has 0 aliphatic rings. The van der Waals surface area contributed by atoms with Crippen molar-refractivity contribution >= 4 is 11.6 Å². The lowest BCUT2D eigenvalue weighted by molar-refractivity contribution is 0.0950. The van der Waals surface area contributed by atoms with Crippen molar-refractivity contribution in [1.82, 2.24) is 20.5 Å². The monoisotopic (exact) mass is 259 g/mol. The molecule has 1 heterocycles. The number of H-pyrrole nitrogens is 1. The number of benzene rings is 1. The van der Waals surface area contributed by atoms with Crippen LogP contribution in [-0.4, -0.2) is 27.1 Å². The molecule has 0 fully saturated rings. The predicted molar refractivity (Wildman–Crippen MR) is 72.8 cm³/mol. The first-order valence-electron chi connectivity index (χ1n) is 6.15. The molecule has 0 bridgehead atoms. The zero-order valence-electron chi connectivity index (χ0n) is 11.0. The quantitative estimate of drug-likeness (QED) is 0.761. The number of aromatic nitrogens is 3. The highest BCUT2D eigenvalue weighted by molar-refractivity contribution is 5.99. The molecule has 1 amide bonds. The SMILES string of the molecule is CC(C)Nc1ccccc1C(=O)NCc1ncn[nH]1. The summed E-state index contributed by atoms with van der Waals surface area (Å²) in [6.07, 6.45) is 1.41. The van der Waals surface area contributed by atoms with Gasteiger partial charge in [0.05, 0.1) is 12.1 Å². The second-order valence-electron chi connectivity index (χ2n) is 4.46. The first-order chi connectivity index (χ1) is 9.16. The minimum Gasteiger partial charge on any atom is -0.382 e. The summed E-state index contributed by atoms with van der Waals surface area (Å²) in [6, 6.07) is 7.69. The number of hydrogen-bond donors (Lipinski definition) is 3. The summed E-state index contributed by atoms with van der Waals surface area (Å²) >= 11 is 0. The molecule has 0 atom stereocenters. The van der Waals surface area contributed by atoms with Crippen LogP contribution in [0.5, 0.6) is 0 Å². The second-order valence-corrected chi connectivity index (χ2v) is 4.46. The van der Waals surface area contributed by atoms with E-state index in [4.69, 9.17) is 0 Å². The van der Waals surface area contributed by atoms with Gasteiger partial charge in [-0.2, -0.15) is 5.10 Å². The fourth-order valence-corrected chi connectivity index (χ4v) is 1.69. The molecule has 0 spiro atoms. The number of aromatic amines is 1. The largest absolute Gasteiger partial charge is 0.382 e. The van der Waals surface area contributed by atoms with Crippen LogP contribution in [0.1, 0.15) is 30.0 Å². The third-order valence-electron chi connectivity index (χ3n) is 2.50. The molecule has 6 heteroatoms. The molecule has 0 unspecified atom stereocenters. The summed E-state index contributed by atoms with van der Waals surface area (Å²) in [7, 11) is 0. The van der Waals surface area contributed by atoms with Crippen molar-refractivity contribution in [2.24, 2.45) is 0 Å². The van der Waals surface area contributed by atoms with Crippen molar-refractivity contribution in [2.75, 3.05) is 5.32 Å². The smallest absolute Gasteiger partial charge is 0.253 e. The lowest BCUT2D eigenvalue weighted by atomic mass is 10.1. The van der Waals surface area contributed by atoms with Gasteiger partial charge in [-0.3, -0.25) is 9.89 Å². The number of carbonyl (C=O) groups is 1. The summed E-state index contributed by atoms with van der Waals surface area (Å²) < 4.78 is 0. The fraction of sp³-hybridized carbons (Fsp3) is 0.308. The zero-order valence-corrected chi connectivity index (χ0v) is 11.0. The fourth-order valence-electron chi connectivity index (χ4n) is 1.69. The summed E-state index contributed by atoms with van der Waals surface area (Å²) in [5.74, 6) is 0.489. The molecule has 1 aromatic heterocycles. The number of nitrogens with zero attached hydrogens (tertiary/aromatic N) is 2. The van der Waals surface area contributed by atoms with Crippen LogP contribution < -0.4 is 10.6 Å². The van der Waals surface area contributed by atoms with E-state index in [1.54, 1.807) is 6.07 Å². The molecule has 2 rings (SSSR count). The predicted octanol–water partition coefficient (Wildman–Crippen LogP) is 1.55. The van der Waals surface area contributed by atoms with E-state index in [2.05, 4.69) is 25.8 Å². The molecule has 19 heavy (non-hydrogen) atoms. The third-order valence-corrected chi connectivity index (χ3v) is 2.50. The van der Waals surface area contributed by atoms with Gasteiger partial charge in [0.2, 0.25) is 0 Å². The Balaban J connectivity index is 2.06. The number of rotatable bonds is 5. The van der Waals surface area contributed by atoms with E-state index >= 15 is 0 Å². The average molecular weight is 259 g/mol. The minimum absolute atomic E-state index is 0.139. The van der Waals surface area contributed by atoms with Crippen LogP contribution in [0.25, 0.3) is 0 Å². The zero-order chi connectivity index (χ0) is 13.7. The molecule has 0 radical (unpaired) electrons. The minimum atomic E-state index is -0.139. The molecule has 100 valence electrons. The van der Waals surface area contributed by atoms with Gasteiger partial charge in [0.25, 0.3) is 5.91 Å². The van der Waals surface area contributed by atoms with E-state index in [1.807, 2.05) is 32.0 Å². The Morgan fingerprint density at radius 3 is 2.84 bits per heavy atom. The average Bonchev–Trinajstić information content (AvgIpc) is 2.89. The van der Waals surface area contributed by atoms with Gasteiger partial charge in [-0.05, 0) is 26.0 Å².